The van der Waals surface area contributed by atoms with Crippen molar-refractivity contribution >= 4 is 5.82 Å². The maximum atomic E-state index is 9.87. The smallest absolute Gasteiger partial charge is 0.134 e. The summed E-state index contributed by atoms with van der Waals surface area (Å²) in [7, 11) is 2.12. The molecule has 0 unspecified atom stereocenters. The van der Waals surface area contributed by atoms with Gasteiger partial charge in [0.15, 0.2) is 0 Å². The standard InChI is InChI=1S/C16H26N2O/c1-4-13-7-9-14(10-8-13)18(3)16-15(12(2)19)6-5-11-17-16/h5-6,11-14,19H,4,7-10H2,1-3H3/t12-,13?,14?/m1/s1. The molecule has 1 N–H and O–H groups in total. The molecule has 1 aliphatic carbocycles. The largest absolute Gasteiger partial charge is 0.389 e. The van der Waals surface area contributed by atoms with Crippen LogP contribution in [0.5, 0.6) is 0 Å². The van der Waals surface area contributed by atoms with Crippen molar-refractivity contribution in [1.29, 1.82) is 0 Å². The molecule has 0 spiro atoms. The summed E-state index contributed by atoms with van der Waals surface area (Å²) in [5.41, 5.74) is 0.933. The van der Waals surface area contributed by atoms with Gasteiger partial charge in [-0.25, -0.2) is 4.98 Å². The molecule has 0 aliphatic heterocycles. The lowest BCUT2D eigenvalue weighted by molar-refractivity contribution is 0.199. The zero-order valence-corrected chi connectivity index (χ0v) is 12.3. The van der Waals surface area contributed by atoms with Crippen LogP contribution in [-0.2, 0) is 0 Å². The number of nitrogens with zero attached hydrogens (tertiary/aromatic N) is 2. The molecule has 1 aromatic heterocycles. The number of aliphatic hydroxyl groups is 1. The lowest BCUT2D eigenvalue weighted by Gasteiger charge is -2.36. The van der Waals surface area contributed by atoms with E-state index in [1.807, 2.05) is 25.3 Å². The molecular formula is C16H26N2O. The summed E-state index contributed by atoms with van der Waals surface area (Å²) < 4.78 is 0. The van der Waals surface area contributed by atoms with Crippen LogP contribution in [0, 0.1) is 5.92 Å². The van der Waals surface area contributed by atoms with E-state index in [2.05, 4.69) is 23.9 Å². The predicted molar refractivity (Wildman–Crippen MR) is 79.3 cm³/mol. The first-order chi connectivity index (χ1) is 9.13. The number of hydrogen-bond acceptors (Lipinski definition) is 3. The Morgan fingerprint density at radius 3 is 2.63 bits per heavy atom. The van der Waals surface area contributed by atoms with Crippen LogP contribution in [0.25, 0.3) is 0 Å². The second-order valence-electron chi connectivity index (χ2n) is 5.79. The van der Waals surface area contributed by atoms with Gasteiger partial charge in [-0.3, -0.25) is 0 Å². The highest BCUT2D eigenvalue weighted by Crippen LogP contribution is 2.32. The minimum atomic E-state index is -0.460. The Bertz CT molecular complexity index is 397. The molecule has 0 saturated heterocycles. The van der Waals surface area contributed by atoms with Gasteiger partial charge in [0.2, 0.25) is 0 Å². The molecule has 0 aromatic carbocycles. The van der Waals surface area contributed by atoms with Crippen LogP contribution in [0.4, 0.5) is 5.82 Å². The summed E-state index contributed by atoms with van der Waals surface area (Å²) in [6.45, 7) is 4.10. The predicted octanol–water partition coefficient (Wildman–Crippen LogP) is 3.54. The Hall–Kier alpha value is -1.09. The van der Waals surface area contributed by atoms with Crippen LogP contribution < -0.4 is 4.90 Å². The quantitative estimate of drug-likeness (QED) is 0.901. The number of pyridine rings is 1. The molecule has 106 valence electrons. The molecule has 1 saturated carbocycles. The van der Waals surface area contributed by atoms with Gasteiger partial charge >= 0.3 is 0 Å². The van der Waals surface area contributed by atoms with Crippen LogP contribution >= 0.6 is 0 Å². The van der Waals surface area contributed by atoms with Gasteiger partial charge in [0.25, 0.3) is 0 Å². The van der Waals surface area contributed by atoms with E-state index >= 15 is 0 Å². The lowest BCUT2D eigenvalue weighted by atomic mass is 9.84. The van der Waals surface area contributed by atoms with Gasteiger partial charge in [-0.2, -0.15) is 0 Å². The number of rotatable bonds is 4. The number of aliphatic hydroxyl groups excluding tert-OH is 1. The van der Waals surface area contributed by atoms with Crippen molar-refractivity contribution in [3.63, 3.8) is 0 Å². The summed E-state index contributed by atoms with van der Waals surface area (Å²) >= 11 is 0. The monoisotopic (exact) mass is 262 g/mol. The Balaban J connectivity index is 2.10. The zero-order valence-electron chi connectivity index (χ0n) is 12.3. The minimum Gasteiger partial charge on any atom is -0.389 e. The Morgan fingerprint density at radius 2 is 2.05 bits per heavy atom. The van der Waals surface area contributed by atoms with Crippen LogP contribution in [0.15, 0.2) is 18.3 Å². The van der Waals surface area contributed by atoms with E-state index < -0.39 is 6.10 Å². The third kappa shape index (κ3) is 3.27. The summed E-state index contributed by atoms with van der Waals surface area (Å²) in [5, 5.41) is 9.87. The molecule has 0 radical (unpaired) electrons. The van der Waals surface area contributed by atoms with Crippen molar-refractivity contribution in [2.24, 2.45) is 5.92 Å². The Morgan fingerprint density at radius 1 is 1.37 bits per heavy atom. The minimum absolute atomic E-state index is 0.460. The van der Waals surface area contributed by atoms with E-state index in [-0.39, 0.29) is 0 Å². The average Bonchev–Trinajstić information content (AvgIpc) is 2.46. The first-order valence-corrected chi connectivity index (χ1v) is 7.49. The first kappa shape index (κ1) is 14.3. The third-order valence-electron chi connectivity index (χ3n) is 4.54. The average molecular weight is 262 g/mol. The molecular weight excluding hydrogens is 236 g/mol. The SMILES string of the molecule is CCC1CCC(N(C)c2ncccc2[C@@H](C)O)CC1. The van der Waals surface area contributed by atoms with E-state index in [1.54, 1.807) is 0 Å². The number of hydrogen-bond donors (Lipinski definition) is 1. The number of anilines is 1. The molecule has 0 amide bonds. The van der Waals surface area contributed by atoms with Crippen molar-refractivity contribution in [2.45, 2.75) is 58.1 Å². The van der Waals surface area contributed by atoms with Gasteiger partial charge in [0, 0.05) is 24.8 Å². The van der Waals surface area contributed by atoms with Gasteiger partial charge in [-0.15, -0.1) is 0 Å². The highest BCUT2D eigenvalue weighted by Gasteiger charge is 2.25. The van der Waals surface area contributed by atoms with Crippen molar-refractivity contribution in [2.75, 3.05) is 11.9 Å². The van der Waals surface area contributed by atoms with Gasteiger partial charge < -0.3 is 10.0 Å². The summed E-state index contributed by atoms with van der Waals surface area (Å²) in [5.74, 6) is 1.85. The molecule has 1 heterocycles. The van der Waals surface area contributed by atoms with Crippen LogP contribution in [-0.4, -0.2) is 23.2 Å². The molecule has 1 aliphatic rings. The number of aromatic nitrogens is 1. The van der Waals surface area contributed by atoms with E-state index in [4.69, 9.17) is 0 Å². The van der Waals surface area contributed by atoms with Crippen LogP contribution in [0.2, 0.25) is 0 Å². The van der Waals surface area contributed by atoms with Crippen molar-refractivity contribution in [3.05, 3.63) is 23.9 Å². The van der Waals surface area contributed by atoms with E-state index in [1.165, 1.54) is 32.1 Å². The van der Waals surface area contributed by atoms with E-state index in [9.17, 15) is 5.11 Å². The maximum Gasteiger partial charge on any atom is 0.134 e. The summed E-state index contributed by atoms with van der Waals surface area (Å²) in [6.07, 6.45) is 7.78. The van der Waals surface area contributed by atoms with E-state index in [0.29, 0.717) is 6.04 Å². The van der Waals surface area contributed by atoms with E-state index in [0.717, 1.165) is 17.3 Å². The second-order valence-corrected chi connectivity index (χ2v) is 5.79. The van der Waals surface area contributed by atoms with Crippen molar-refractivity contribution < 1.29 is 5.11 Å². The fourth-order valence-electron chi connectivity index (χ4n) is 3.14. The third-order valence-corrected chi connectivity index (χ3v) is 4.54. The highest BCUT2D eigenvalue weighted by molar-refractivity contribution is 5.48. The Labute approximate surface area is 116 Å². The van der Waals surface area contributed by atoms with Gasteiger partial charge in [0.1, 0.15) is 5.82 Å². The molecule has 0 bridgehead atoms. The summed E-state index contributed by atoms with van der Waals surface area (Å²) in [6, 6.07) is 4.43. The van der Waals surface area contributed by atoms with Gasteiger partial charge in [-0.1, -0.05) is 19.4 Å². The topological polar surface area (TPSA) is 36.4 Å². The van der Waals surface area contributed by atoms with Crippen LogP contribution in [0.3, 0.4) is 0 Å². The molecule has 1 aromatic rings. The normalized spacial score (nSPS) is 25.1. The molecule has 3 nitrogen and oxygen atoms in total. The van der Waals surface area contributed by atoms with Crippen molar-refractivity contribution in [3.8, 4) is 0 Å². The highest BCUT2D eigenvalue weighted by atomic mass is 16.3. The zero-order chi connectivity index (χ0) is 13.8. The molecule has 2 rings (SSSR count). The Kier molecular flexibility index (Phi) is 4.81. The molecule has 1 fully saturated rings. The van der Waals surface area contributed by atoms with Gasteiger partial charge in [-0.05, 0) is 44.6 Å². The maximum absolute atomic E-state index is 9.87. The second kappa shape index (κ2) is 6.38. The molecule has 3 heteroatoms. The lowest BCUT2D eigenvalue weighted by Crippen LogP contribution is -2.36. The molecule has 1 atom stereocenters. The van der Waals surface area contributed by atoms with Gasteiger partial charge in [0.05, 0.1) is 6.10 Å². The molecule has 19 heavy (non-hydrogen) atoms. The fraction of sp³-hybridized carbons (Fsp3) is 0.688. The summed E-state index contributed by atoms with van der Waals surface area (Å²) in [4.78, 5) is 6.75. The van der Waals surface area contributed by atoms with Crippen molar-refractivity contribution in [1.82, 2.24) is 4.98 Å². The first-order valence-electron chi connectivity index (χ1n) is 7.49. The van der Waals surface area contributed by atoms with Crippen LogP contribution in [0.1, 0.15) is 57.6 Å². The fourth-order valence-corrected chi connectivity index (χ4v) is 3.14.